The molecule has 6 nitrogen and oxygen atoms in total. The first-order chi connectivity index (χ1) is 13.8. The number of nitrogens with zero attached hydrogens (tertiary/aromatic N) is 1. The van der Waals surface area contributed by atoms with Crippen LogP contribution in [0.5, 0.6) is 0 Å². The van der Waals surface area contributed by atoms with Gasteiger partial charge in [0.1, 0.15) is 6.54 Å². The molecule has 150 valence electrons. The van der Waals surface area contributed by atoms with Gasteiger partial charge in [-0.2, -0.15) is 0 Å². The predicted octanol–water partition coefficient (Wildman–Crippen LogP) is 3.88. The molecule has 0 aromatic heterocycles. The fraction of sp³-hybridized carbons (Fsp3) is 0.348. The van der Waals surface area contributed by atoms with E-state index in [0.717, 1.165) is 32.8 Å². The minimum Gasteiger partial charge on any atom is -0.427 e. The van der Waals surface area contributed by atoms with Crippen LogP contribution in [0.15, 0.2) is 42.5 Å². The van der Waals surface area contributed by atoms with Crippen molar-refractivity contribution in [2.45, 2.75) is 45.1 Å². The summed E-state index contributed by atoms with van der Waals surface area (Å²) >= 11 is 0. The van der Waals surface area contributed by atoms with Gasteiger partial charge in [0.15, 0.2) is 0 Å². The number of imide groups is 1. The van der Waals surface area contributed by atoms with Crippen LogP contribution in [0, 0.1) is 6.92 Å². The second kappa shape index (κ2) is 7.03. The molecule has 1 fully saturated rings. The van der Waals surface area contributed by atoms with Gasteiger partial charge in [0.05, 0.1) is 0 Å². The number of rotatable bonds is 4. The number of amides is 3. The third kappa shape index (κ3) is 3.09. The average molecular weight is 392 g/mol. The second-order valence-electron chi connectivity index (χ2n) is 7.99. The highest BCUT2D eigenvalue weighted by molar-refractivity contribution is 6.07. The maximum atomic E-state index is 13.1. The number of anilines is 1. The van der Waals surface area contributed by atoms with Crippen LogP contribution in [0.4, 0.5) is 10.5 Å². The van der Waals surface area contributed by atoms with Crippen molar-refractivity contribution in [3.63, 3.8) is 0 Å². The van der Waals surface area contributed by atoms with Crippen molar-refractivity contribution in [1.29, 1.82) is 0 Å². The molecule has 1 spiro atoms. The summed E-state index contributed by atoms with van der Waals surface area (Å²) in [5.41, 5.74) is 3.10. The highest BCUT2D eigenvalue weighted by Crippen LogP contribution is 2.45. The number of nitrogens with one attached hydrogen (secondary N) is 1. The number of ether oxygens (including phenoxy) is 1. The molecule has 0 saturated carbocycles. The fourth-order valence-electron chi connectivity index (χ4n) is 4.26. The van der Waals surface area contributed by atoms with E-state index in [4.69, 9.17) is 4.74 Å². The highest BCUT2D eigenvalue weighted by atomic mass is 16.6. The Bertz CT molecular complexity index is 1010. The molecule has 1 saturated heterocycles. The van der Waals surface area contributed by atoms with E-state index in [9.17, 15) is 14.4 Å². The predicted molar refractivity (Wildman–Crippen MR) is 109 cm³/mol. The lowest BCUT2D eigenvalue weighted by Crippen LogP contribution is -2.41. The maximum absolute atomic E-state index is 13.1. The van der Waals surface area contributed by atoms with Gasteiger partial charge in [0.25, 0.3) is 5.91 Å². The normalized spacial score (nSPS) is 20.3. The van der Waals surface area contributed by atoms with Crippen LogP contribution in [0.3, 0.4) is 0 Å². The molecule has 1 aliphatic heterocycles. The van der Waals surface area contributed by atoms with Gasteiger partial charge in [-0.05, 0) is 36.0 Å². The average Bonchev–Trinajstić information content (AvgIpc) is 3.17. The topological polar surface area (TPSA) is 75.7 Å². The van der Waals surface area contributed by atoms with Gasteiger partial charge in [0.2, 0.25) is 11.5 Å². The lowest BCUT2D eigenvalue weighted by molar-refractivity contribution is -0.139. The van der Waals surface area contributed by atoms with Gasteiger partial charge in [0, 0.05) is 17.7 Å². The molecule has 6 heteroatoms. The van der Waals surface area contributed by atoms with Crippen molar-refractivity contribution in [3.8, 4) is 0 Å². The second-order valence-corrected chi connectivity index (χ2v) is 7.99. The van der Waals surface area contributed by atoms with Crippen molar-refractivity contribution in [2.24, 2.45) is 0 Å². The number of benzene rings is 2. The molecule has 2 aromatic carbocycles. The van der Waals surface area contributed by atoms with Crippen molar-refractivity contribution < 1.29 is 19.1 Å². The minimum absolute atomic E-state index is 0.224. The van der Waals surface area contributed by atoms with Crippen LogP contribution < -0.4 is 5.32 Å². The summed E-state index contributed by atoms with van der Waals surface area (Å²) in [5.74, 6) is -0.659. The van der Waals surface area contributed by atoms with E-state index in [2.05, 4.69) is 5.32 Å². The minimum atomic E-state index is -1.29. The molecule has 0 bridgehead atoms. The van der Waals surface area contributed by atoms with Crippen LogP contribution >= 0.6 is 0 Å². The Hall–Kier alpha value is -3.15. The molecular formula is C23H24N2O4. The first kappa shape index (κ1) is 19.2. The number of carbonyl (C=O) groups excluding carboxylic acids is 3. The quantitative estimate of drug-likeness (QED) is 0.857. The fourth-order valence-corrected chi connectivity index (χ4v) is 4.26. The van der Waals surface area contributed by atoms with Gasteiger partial charge < -0.3 is 10.1 Å². The van der Waals surface area contributed by atoms with Gasteiger partial charge >= 0.3 is 6.09 Å². The number of hydrogen-bond acceptors (Lipinski definition) is 4. The van der Waals surface area contributed by atoms with Gasteiger partial charge in [-0.15, -0.1) is 0 Å². The highest BCUT2D eigenvalue weighted by Gasteiger charge is 2.58. The number of para-hydroxylation sites is 1. The van der Waals surface area contributed by atoms with Gasteiger partial charge in [-0.25, -0.2) is 9.69 Å². The van der Waals surface area contributed by atoms with E-state index >= 15 is 0 Å². The summed E-state index contributed by atoms with van der Waals surface area (Å²) in [6, 6.07) is 13.3. The Morgan fingerprint density at radius 2 is 1.93 bits per heavy atom. The van der Waals surface area contributed by atoms with Crippen molar-refractivity contribution in [1.82, 2.24) is 4.90 Å². The molecule has 1 unspecified atom stereocenters. The van der Waals surface area contributed by atoms with Crippen LogP contribution in [0.25, 0.3) is 0 Å². The Balaban J connectivity index is 1.55. The van der Waals surface area contributed by atoms with Crippen LogP contribution in [0.1, 0.15) is 48.4 Å². The SMILES string of the molecule is Cc1cccc(C(C)C)c1NC(=O)CN1C(=O)OC2(CCc3ccccc32)C1=O. The number of fused-ring (bicyclic) bond motifs is 2. The largest absolute Gasteiger partial charge is 0.427 e. The zero-order chi connectivity index (χ0) is 20.8. The van der Waals surface area contributed by atoms with E-state index in [0.29, 0.717) is 12.8 Å². The number of hydrogen-bond donors (Lipinski definition) is 1. The van der Waals surface area contributed by atoms with E-state index in [1.807, 2.05) is 63.2 Å². The zero-order valence-corrected chi connectivity index (χ0v) is 16.8. The molecule has 3 amide bonds. The molecule has 1 aliphatic carbocycles. The number of aryl methyl sites for hydroxylation is 2. The van der Waals surface area contributed by atoms with E-state index in [1.54, 1.807) is 0 Å². The Labute approximate surface area is 169 Å². The molecule has 0 radical (unpaired) electrons. The molecule has 2 aromatic rings. The summed E-state index contributed by atoms with van der Waals surface area (Å²) in [7, 11) is 0. The van der Waals surface area contributed by atoms with Gasteiger partial charge in [-0.1, -0.05) is 56.3 Å². The van der Waals surface area contributed by atoms with Crippen molar-refractivity contribution in [2.75, 3.05) is 11.9 Å². The van der Waals surface area contributed by atoms with E-state index < -0.39 is 23.5 Å². The van der Waals surface area contributed by atoms with Crippen LogP contribution in [-0.2, 0) is 26.3 Å². The van der Waals surface area contributed by atoms with E-state index in [-0.39, 0.29) is 12.5 Å². The van der Waals surface area contributed by atoms with Crippen molar-refractivity contribution >= 4 is 23.6 Å². The lowest BCUT2D eigenvalue weighted by atomic mass is 9.95. The smallest absolute Gasteiger partial charge is 0.418 e. The summed E-state index contributed by atoms with van der Waals surface area (Å²) in [4.78, 5) is 39.3. The lowest BCUT2D eigenvalue weighted by Gasteiger charge is -2.20. The molecule has 29 heavy (non-hydrogen) atoms. The maximum Gasteiger partial charge on any atom is 0.418 e. The molecule has 1 heterocycles. The third-order valence-corrected chi connectivity index (χ3v) is 5.76. The van der Waals surface area contributed by atoms with E-state index in [1.165, 1.54) is 0 Å². The van der Waals surface area contributed by atoms with Gasteiger partial charge in [-0.3, -0.25) is 9.59 Å². The summed E-state index contributed by atoms with van der Waals surface area (Å²) in [6.45, 7) is 5.65. The first-order valence-corrected chi connectivity index (χ1v) is 9.86. The summed E-state index contributed by atoms with van der Waals surface area (Å²) in [5, 5.41) is 2.89. The number of carbonyl (C=O) groups is 3. The molecule has 1 atom stereocenters. The molecular weight excluding hydrogens is 368 g/mol. The zero-order valence-electron chi connectivity index (χ0n) is 16.8. The van der Waals surface area contributed by atoms with Crippen LogP contribution in [0.2, 0.25) is 0 Å². The standard InChI is InChI=1S/C23H24N2O4/c1-14(2)17-9-6-7-15(3)20(17)24-19(26)13-25-21(27)23(29-22(25)28)12-11-16-8-4-5-10-18(16)23/h4-10,14H,11-13H2,1-3H3,(H,24,26). The Morgan fingerprint density at radius 3 is 2.69 bits per heavy atom. The van der Waals surface area contributed by atoms with Crippen molar-refractivity contribution in [3.05, 3.63) is 64.7 Å². The van der Waals surface area contributed by atoms with Crippen LogP contribution in [-0.4, -0.2) is 29.4 Å². The Kier molecular flexibility index (Phi) is 4.65. The monoisotopic (exact) mass is 392 g/mol. The summed E-state index contributed by atoms with van der Waals surface area (Å²) < 4.78 is 5.56. The summed E-state index contributed by atoms with van der Waals surface area (Å²) in [6.07, 6.45) is 0.302. The third-order valence-electron chi connectivity index (χ3n) is 5.76. The molecule has 2 aliphatic rings. The molecule has 4 rings (SSSR count). The first-order valence-electron chi connectivity index (χ1n) is 9.86. The molecule has 1 N–H and O–H groups in total. The Morgan fingerprint density at radius 1 is 1.17 bits per heavy atom.